The van der Waals surface area contributed by atoms with Crippen molar-refractivity contribution in [2.24, 2.45) is 0 Å². The van der Waals surface area contributed by atoms with Gasteiger partial charge in [0.05, 0.1) is 7.11 Å². The molecule has 0 atom stereocenters. The summed E-state index contributed by atoms with van der Waals surface area (Å²) in [7, 11) is 1.62. The Labute approximate surface area is 154 Å². The molecule has 0 bridgehead atoms. The van der Waals surface area contributed by atoms with Gasteiger partial charge < -0.3 is 10.1 Å². The number of hydrogen-bond donors (Lipinski definition) is 2. The van der Waals surface area contributed by atoms with Crippen molar-refractivity contribution >= 4 is 29.5 Å². The van der Waals surface area contributed by atoms with Crippen molar-refractivity contribution in [3.05, 3.63) is 51.4 Å². The third-order valence-corrected chi connectivity index (χ3v) is 4.78. The standard InChI is InChI=1S/C17H18N4O2S2/c1-23-14-4-2-13(3-5-14)16-19-20-17(24)21(16)8-6-15(22)18-10-12-7-9-25-11-12/h2-5,7,9,11H,6,8,10H2,1H3,(H,18,22)(H,20,24). The van der Waals surface area contributed by atoms with Gasteiger partial charge in [-0.25, -0.2) is 0 Å². The lowest BCUT2D eigenvalue weighted by Gasteiger charge is -2.08. The first-order chi connectivity index (χ1) is 12.2. The van der Waals surface area contributed by atoms with Gasteiger partial charge in [0.25, 0.3) is 0 Å². The monoisotopic (exact) mass is 374 g/mol. The number of amides is 1. The first-order valence-electron chi connectivity index (χ1n) is 7.75. The predicted octanol–water partition coefficient (Wildman–Crippen LogP) is 3.38. The molecule has 0 fully saturated rings. The number of rotatable bonds is 7. The van der Waals surface area contributed by atoms with Gasteiger partial charge in [-0.3, -0.25) is 14.5 Å². The summed E-state index contributed by atoms with van der Waals surface area (Å²) in [6, 6.07) is 9.56. The van der Waals surface area contributed by atoms with Crippen LogP contribution in [-0.2, 0) is 17.9 Å². The van der Waals surface area contributed by atoms with Crippen molar-refractivity contribution in [1.82, 2.24) is 20.1 Å². The highest BCUT2D eigenvalue weighted by atomic mass is 32.1. The van der Waals surface area contributed by atoms with Gasteiger partial charge >= 0.3 is 0 Å². The average Bonchev–Trinajstić information content (AvgIpc) is 3.28. The lowest BCUT2D eigenvalue weighted by Crippen LogP contribution is -2.23. The van der Waals surface area contributed by atoms with E-state index in [1.165, 1.54) is 0 Å². The zero-order valence-electron chi connectivity index (χ0n) is 13.7. The predicted molar refractivity (Wildman–Crippen MR) is 100 cm³/mol. The summed E-state index contributed by atoms with van der Waals surface area (Å²) in [6.45, 7) is 1.01. The van der Waals surface area contributed by atoms with E-state index < -0.39 is 0 Å². The first kappa shape index (κ1) is 17.4. The molecule has 0 saturated carbocycles. The minimum Gasteiger partial charge on any atom is -0.497 e. The maximum Gasteiger partial charge on any atom is 0.222 e. The number of nitrogens with one attached hydrogen (secondary N) is 2. The van der Waals surface area contributed by atoms with Crippen LogP contribution in [0.1, 0.15) is 12.0 Å². The largest absolute Gasteiger partial charge is 0.497 e. The highest BCUT2D eigenvalue weighted by Gasteiger charge is 2.11. The van der Waals surface area contributed by atoms with E-state index in [2.05, 4.69) is 15.5 Å². The fourth-order valence-corrected chi connectivity index (χ4v) is 3.27. The Morgan fingerprint density at radius 1 is 1.36 bits per heavy atom. The number of carbonyl (C=O) groups excluding carboxylic acids is 1. The second kappa shape index (κ2) is 8.09. The molecule has 3 rings (SSSR count). The molecule has 2 heterocycles. The Morgan fingerprint density at radius 2 is 2.16 bits per heavy atom. The normalized spacial score (nSPS) is 10.6. The molecule has 0 aliphatic rings. The number of H-pyrrole nitrogens is 1. The second-order valence-corrected chi connectivity index (χ2v) is 6.56. The lowest BCUT2D eigenvalue weighted by atomic mass is 10.2. The van der Waals surface area contributed by atoms with Crippen LogP contribution in [0.4, 0.5) is 0 Å². The Hall–Kier alpha value is -2.45. The van der Waals surface area contributed by atoms with Gasteiger partial charge in [0.2, 0.25) is 5.91 Å². The van der Waals surface area contributed by atoms with Crippen molar-refractivity contribution in [3.63, 3.8) is 0 Å². The minimum atomic E-state index is -0.0185. The van der Waals surface area contributed by atoms with Crippen LogP contribution >= 0.6 is 23.6 Å². The van der Waals surface area contributed by atoms with E-state index in [9.17, 15) is 4.79 Å². The van der Waals surface area contributed by atoms with E-state index in [0.29, 0.717) is 30.1 Å². The van der Waals surface area contributed by atoms with Crippen molar-refractivity contribution in [2.75, 3.05) is 7.11 Å². The van der Waals surface area contributed by atoms with Crippen LogP contribution in [0.5, 0.6) is 5.75 Å². The zero-order chi connectivity index (χ0) is 17.6. The smallest absolute Gasteiger partial charge is 0.222 e. The summed E-state index contributed by atoms with van der Waals surface area (Å²) >= 11 is 6.91. The van der Waals surface area contributed by atoms with Crippen LogP contribution in [0.15, 0.2) is 41.1 Å². The molecule has 3 aromatic rings. The Kier molecular flexibility index (Phi) is 5.62. The molecule has 0 aliphatic carbocycles. The third kappa shape index (κ3) is 4.34. The van der Waals surface area contributed by atoms with Crippen LogP contribution in [-0.4, -0.2) is 27.8 Å². The van der Waals surface area contributed by atoms with Gasteiger partial charge in [-0.2, -0.15) is 16.4 Å². The number of methoxy groups -OCH3 is 1. The molecular formula is C17H18N4O2S2. The summed E-state index contributed by atoms with van der Waals surface area (Å²) in [4.78, 5) is 12.1. The van der Waals surface area contributed by atoms with E-state index in [1.54, 1.807) is 18.4 Å². The molecule has 0 aliphatic heterocycles. The molecule has 0 spiro atoms. The molecule has 130 valence electrons. The van der Waals surface area contributed by atoms with E-state index in [0.717, 1.165) is 16.9 Å². The molecule has 0 saturated heterocycles. The molecule has 8 heteroatoms. The molecule has 25 heavy (non-hydrogen) atoms. The van der Waals surface area contributed by atoms with E-state index in [1.807, 2.05) is 45.7 Å². The van der Waals surface area contributed by atoms with Crippen molar-refractivity contribution in [3.8, 4) is 17.1 Å². The quantitative estimate of drug-likeness (QED) is 0.622. The van der Waals surface area contributed by atoms with Crippen LogP contribution in [0.25, 0.3) is 11.4 Å². The molecule has 0 radical (unpaired) electrons. The fraction of sp³-hybridized carbons (Fsp3) is 0.235. The third-order valence-electron chi connectivity index (χ3n) is 3.74. The number of ether oxygens (including phenoxy) is 1. The van der Waals surface area contributed by atoms with Gasteiger partial charge in [-0.15, -0.1) is 0 Å². The summed E-state index contributed by atoms with van der Waals surface area (Å²) in [5, 5.41) is 14.0. The van der Waals surface area contributed by atoms with Crippen molar-refractivity contribution < 1.29 is 9.53 Å². The highest BCUT2D eigenvalue weighted by molar-refractivity contribution is 7.71. The summed E-state index contributed by atoms with van der Waals surface area (Å²) in [6.07, 6.45) is 0.334. The van der Waals surface area contributed by atoms with Gasteiger partial charge in [-0.05, 0) is 58.9 Å². The van der Waals surface area contributed by atoms with Gasteiger partial charge in [0, 0.05) is 25.1 Å². The molecule has 1 aromatic carbocycles. The maximum atomic E-state index is 12.1. The second-order valence-electron chi connectivity index (χ2n) is 5.39. The van der Waals surface area contributed by atoms with Gasteiger partial charge in [0.15, 0.2) is 10.6 Å². The molecule has 0 unspecified atom stereocenters. The molecule has 2 N–H and O–H groups in total. The van der Waals surface area contributed by atoms with Crippen LogP contribution < -0.4 is 10.1 Å². The Balaban J connectivity index is 1.65. The van der Waals surface area contributed by atoms with Crippen LogP contribution in [0.2, 0.25) is 0 Å². The van der Waals surface area contributed by atoms with E-state index in [-0.39, 0.29) is 5.91 Å². The van der Waals surface area contributed by atoms with Gasteiger partial charge in [0.1, 0.15) is 5.75 Å². The van der Waals surface area contributed by atoms with Crippen molar-refractivity contribution in [1.29, 1.82) is 0 Å². The van der Waals surface area contributed by atoms with Crippen LogP contribution in [0, 0.1) is 4.77 Å². The number of aromatic nitrogens is 3. The summed E-state index contributed by atoms with van der Waals surface area (Å²) in [5.74, 6) is 1.46. The summed E-state index contributed by atoms with van der Waals surface area (Å²) < 4.78 is 7.50. The van der Waals surface area contributed by atoms with Crippen LogP contribution in [0.3, 0.4) is 0 Å². The molecule has 1 amide bonds. The maximum absolute atomic E-state index is 12.1. The Morgan fingerprint density at radius 3 is 2.84 bits per heavy atom. The fourth-order valence-electron chi connectivity index (χ4n) is 2.38. The average molecular weight is 374 g/mol. The molecule has 2 aromatic heterocycles. The number of aromatic amines is 1. The van der Waals surface area contributed by atoms with Crippen molar-refractivity contribution in [2.45, 2.75) is 19.5 Å². The first-order valence-corrected chi connectivity index (χ1v) is 9.10. The number of nitrogens with zero attached hydrogens (tertiary/aromatic N) is 2. The number of thiophene rings is 1. The summed E-state index contributed by atoms with van der Waals surface area (Å²) in [5.41, 5.74) is 2.02. The zero-order valence-corrected chi connectivity index (χ0v) is 15.3. The number of benzene rings is 1. The number of hydrogen-bond acceptors (Lipinski definition) is 5. The van der Waals surface area contributed by atoms with Gasteiger partial charge in [-0.1, -0.05) is 0 Å². The SMILES string of the molecule is COc1ccc(-c2n[nH]c(=S)n2CCC(=O)NCc2ccsc2)cc1. The topological polar surface area (TPSA) is 71.9 Å². The minimum absolute atomic E-state index is 0.0185. The molecular weight excluding hydrogens is 356 g/mol. The van der Waals surface area contributed by atoms with E-state index in [4.69, 9.17) is 17.0 Å². The number of carbonyl (C=O) groups is 1. The Bertz CT molecular complexity index is 882. The molecule has 6 nitrogen and oxygen atoms in total. The lowest BCUT2D eigenvalue weighted by molar-refractivity contribution is -0.121. The van der Waals surface area contributed by atoms with E-state index >= 15 is 0 Å². The highest BCUT2D eigenvalue weighted by Crippen LogP contribution is 2.21.